The second-order valence-electron chi connectivity index (χ2n) is 2.69. The third kappa shape index (κ3) is 0.311. The number of nitrogens with zero attached hydrogens (tertiary/aromatic N) is 1. The van der Waals surface area contributed by atoms with Crippen molar-refractivity contribution in [1.82, 2.24) is 0 Å². The fraction of sp³-hybridized carbons (Fsp3) is 0.833. The summed E-state index contributed by atoms with van der Waals surface area (Å²) in [6.07, 6.45) is 3.99. The summed E-state index contributed by atoms with van der Waals surface area (Å²) in [5.74, 6) is 0. The molecule has 0 saturated heterocycles. The molecule has 1 saturated carbocycles. The Morgan fingerprint density at radius 2 is 2.57 bits per heavy atom. The van der Waals surface area contributed by atoms with Crippen molar-refractivity contribution in [3.05, 3.63) is 0 Å². The summed E-state index contributed by atoms with van der Waals surface area (Å²) in [6.45, 7) is 2.23. The van der Waals surface area contributed by atoms with Crippen molar-refractivity contribution in [1.29, 1.82) is 0 Å². The molecule has 2 aliphatic rings. The quantitative estimate of drug-likeness (QED) is 0.431. The van der Waals surface area contributed by atoms with Crippen molar-refractivity contribution in [3.63, 3.8) is 0 Å². The van der Waals surface area contributed by atoms with E-state index in [1.54, 1.807) is 0 Å². The van der Waals surface area contributed by atoms with Gasteiger partial charge in [-0.1, -0.05) is 0 Å². The minimum absolute atomic E-state index is 0.403. The molecule has 0 aromatic carbocycles. The Hall–Kier alpha value is -0.330. The van der Waals surface area contributed by atoms with E-state index >= 15 is 0 Å². The molecule has 1 heterocycles. The molecule has 1 atom stereocenters. The minimum atomic E-state index is 0.403. The maximum absolute atomic E-state index is 4.31. The monoisotopic (exact) mass is 95.1 g/mol. The molecule has 38 valence electrons. The van der Waals surface area contributed by atoms with Gasteiger partial charge in [-0.2, -0.15) is 0 Å². The summed E-state index contributed by atoms with van der Waals surface area (Å²) >= 11 is 0. The second-order valence-corrected chi connectivity index (χ2v) is 2.69. The molecule has 1 fully saturated rings. The summed E-state index contributed by atoms with van der Waals surface area (Å²) in [4.78, 5) is 4.31. The van der Waals surface area contributed by atoms with E-state index in [9.17, 15) is 0 Å². The predicted octanol–water partition coefficient (Wildman–Crippen LogP) is 1.38. The van der Waals surface area contributed by atoms with E-state index in [2.05, 4.69) is 11.9 Å². The summed E-state index contributed by atoms with van der Waals surface area (Å²) in [5, 5.41) is 0. The molecule has 0 bridgehead atoms. The molecule has 0 aromatic rings. The lowest BCUT2D eigenvalue weighted by molar-refractivity contribution is 0.667. The third-order valence-electron chi connectivity index (χ3n) is 2.03. The van der Waals surface area contributed by atoms with Gasteiger partial charge in [0.2, 0.25) is 0 Å². The van der Waals surface area contributed by atoms with E-state index in [0.717, 1.165) is 0 Å². The van der Waals surface area contributed by atoms with Crippen molar-refractivity contribution in [2.24, 2.45) is 4.99 Å². The molecule has 0 aromatic heterocycles. The van der Waals surface area contributed by atoms with Crippen molar-refractivity contribution >= 4 is 5.71 Å². The van der Waals surface area contributed by atoms with Gasteiger partial charge in [0.25, 0.3) is 0 Å². The number of aliphatic imine (C=N–C) groups is 1. The Bertz CT molecular complexity index is 137. The topological polar surface area (TPSA) is 12.4 Å². The highest BCUT2D eigenvalue weighted by Crippen LogP contribution is 2.41. The van der Waals surface area contributed by atoms with Gasteiger partial charge in [-0.05, 0) is 26.2 Å². The Morgan fingerprint density at radius 3 is 2.71 bits per heavy atom. The molecule has 2 rings (SSSR count). The lowest BCUT2D eigenvalue weighted by Crippen LogP contribution is -2.03. The largest absolute Gasteiger partial charge is 0.279 e. The van der Waals surface area contributed by atoms with Crippen LogP contribution in [0.3, 0.4) is 0 Å². The Kier molecular flexibility index (Phi) is 0.401. The highest BCUT2D eigenvalue weighted by atomic mass is 15.0. The SMILES string of the molecule is CC12CCCC1=N2. The van der Waals surface area contributed by atoms with Crippen LogP contribution >= 0.6 is 0 Å². The molecule has 1 heteroatoms. The Labute approximate surface area is 43.4 Å². The van der Waals surface area contributed by atoms with Gasteiger partial charge < -0.3 is 0 Å². The molecule has 1 aliphatic carbocycles. The number of hydrogen-bond acceptors (Lipinski definition) is 1. The van der Waals surface area contributed by atoms with Gasteiger partial charge in [0.1, 0.15) is 0 Å². The highest BCUT2D eigenvalue weighted by Gasteiger charge is 2.45. The first-order valence-corrected chi connectivity index (χ1v) is 2.90. The first-order valence-electron chi connectivity index (χ1n) is 2.90. The fourth-order valence-corrected chi connectivity index (χ4v) is 1.40. The van der Waals surface area contributed by atoms with Crippen molar-refractivity contribution in [2.45, 2.75) is 31.7 Å². The molecular formula is C6H9N. The van der Waals surface area contributed by atoms with E-state index in [1.165, 1.54) is 25.0 Å². The Morgan fingerprint density at radius 1 is 1.71 bits per heavy atom. The maximum atomic E-state index is 4.31. The van der Waals surface area contributed by atoms with E-state index in [0.29, 0.717) is 5.54 Å². The minimum Gasteiger partial charge on any atom is -0.279 e. The van der Waals surface area contributed by atoms with E-state index in [-0.39, 0.29) is 0 Å². The summed E-state index contributed by atoms with van der Waals surface area (Å²) < 4.78 is 0. The molecule has 0 radical (unpaired) electrons. The molecule has 1 nitrogen and oxygen atoms in total. The number of fused-ring (bicyclic) bond motifs is 1. The summed E-state index contributed by atoms with van der Waals surface area (Å²) in [5.41, 5.74) is 1.88. The van der Waals surface area contributed by atoms with Crippen LogP contribution in [0.25, 0.3) is 0 Å². The van der Waals surface area contributed by atoms with Crippen LogP contribution in [0.5, 0.6) is 0 Å². The van der Waals surface area contributed by atoms with Crippen molar-refractivity contribution < 1.29 is 0 Å². The molecule has 1 unspecified atom stereocenters. The van der Waals surface area contributed by atoms with Crippen LogP contribution in [0.1, 0.15) is 26.2 Å². The second kappa shape index (κ2) is 0.770. The maximum Gasteiger partial charge on any atom is 0.0955 e. The lowest BCUT2D eigenvalue weighted by atomic mass is 10.1. The standard InChI is InChI=1S/C6H9N/c1-6-4-2-3-5(6)7-6/h2-4H2,1H3. The average molecular weight is 95.1 g/mol. The zero-order chi connectivity index (χ0) is 4.91. The van der Waals surface area contributed by atoms with Crippen molar-refractivity contribution in [3.8, 4) is 0 Å². The molecule has 7 heavy (non-hydrogen) atoms. The van der Waals surface area contributed by atoms with Gasteiger partial charge in [0, 0.05) is 5.71 Å². The van der Waals surface area contributed by atoms with E-state index in [1.807, 2.05) is 0 Å². The smallest absolute Gasteiger partial charge is 0.0955 e. The van der Waals surface area contributed by atoms with Crippen molar-refractivity contribution in [2.75, 3.05) is 0 Å². The van der Waals surface area contributed by atoms with Gasteiger partial charge in [0.05, 0.1) is 5.54 Å². The third-order valence-corrected chi connectivity index (χ3v) is 2.03. The fourth-order valence-electron chi connectivity index (χ4n) is 1.40. The van der Waals surface area contributed by atoms with Gasteiger partial charge in [0.15, 0.2) is 0 Å². The van der Waals surface area contributed by atoms with Gasteiger partial charge in [-0.3, -0.25) is 4.99 Å². The van der Waals surface area contributed by atoms with Gasteiger partial charge >= 0.3 is 0 Å². The zero-order valence-electron chi connectivity index (χ0n) is 4.57. The normalized spacial score (nSPS) is 45.6. The van der Waals surface area contributed by atoms with Crippen LogP contribution in [-0.2, 0) is 0 Å². The van der Waals surface area contributed by atoms with E-state index < -0.39 is 0 Å². The molecule has 0 amide bonds. The van der Waals surface area contributed by atoms with Gasteiger partial charge in [-0.25, -0.2) is 0 Å². The Balaban J connectivity index is 2.26. The van der Waals surface area contributed by atoms with Crippen LogP contribution < -0.4 is 0 Å². The summed E-state index contributed by atoms with van der Waals surface area (Å²) in [7, 11) is 0. The zero-order valence-corrected chi connectivity index (χ0v) is 4.57. The molecular weight excluding hydrogens is 86.1 g/mol. The first-order chi connectivity index (χ1) is 3.31. The van der Waals surface area contributed by atoms with E-state index in [4.69, 9.17) is 0 Å². The predicted molar refractivity (Wildman–Crippen MR) is 29.7 cm³/mol. The lowest BCUT2D eigenvalue weighted by Gasteiger charge is -1.94. The van der Waals surface area contributed by atoms with Gasteiger partial charge in [-0.15, -0.1) is 0 Å². The van der Waals surface area contributed by atoms with Crippen LogP contribution in [0.15, 0.2) is 4.99 Å². The van der Waals surface area contributed by atoms with Crippen LogP contribution in [0.4, 0.5) is 0 Å². The molecule has 0 spiro atoms. The molecule has 0 N–H and O–H groups in total. The molecule has 1 aliphatic heterocycles. The summed E-state index contributed by atoms with van der Waals surface area (Å²) in [6, 6.07) is 0. The average Bonchev–Trinajstić information content (AvgIpc) is 2.09. The number of hydrogen-bond donors (Lipinski definition) is 0. The number of rotatable bonds is 0. The first kappa shape index (κ1) is 3.65. The van der Waals surface area contributed by atoms with Crippen LogP contribution in [0, 0.1) is 0 Å². The van der Waals surface area contributed by atoms with Crippen LogP contribution in [-0.4, -0.2) is 11.3 Å². The van der Waals surface area contributed by atoms with Crippen LogP contribution in [0.2, 0.25) is 0 Å². The highest BCUT2D eigenvalue weighted by molar-refractivity contribution is 6.06.